The summed E-state index contributed by atoms with van der Waals surface area (Å²) >= 11 is 0. The first-order chi connectivity index (χ1) is 6.57. The van der Waals surface area contributed by atoms with Crippen LogP contribution in [0.5, 0.6) is 0 Å². The number of ether oxygens (including phenoxy) is 1. The highest BCUT2D eigenvalue weighted by molar-refractivity contribution is 5.85. The predicted molar refractivity (Wildman–Crippen MR) is 62.1 cm³/mol. The van der Waals surface area contributed by atoms with Crippen LogP contribution in [-0.4, -0.2) is 31.7 Å². The second-order valence-electron chi connectivity index (χ2n) is 4.35. The summed E-state index contributed by atoms with van der Waals surface area (Å²) in [5.41, 5.74) is 5.70. The Hall–Kier alpha value is -0.320. The Morgan fingerprint density at radius 3 is 2.80 bits per heavy atom. The fourth-order valence-electron chi connectivity index (χ4n) is 1.47. The summed E-state index contributed by atoms with van der Waals surface area (Å²) in [6, 6.07) is -0.374. The molecule has 4 nitrogen and oxygen atoms in total. The van der Waals surface area contributed by atoms with Crippen molar-refractivity contribution in [2.45, 2.75) is 32.7 Å². The number of nitrogens with two attached hydrogens (primary N) is 1. The molecule has 1 aliphatic heterocycles. The van der Waals surface area contributed by atoms with Crippen molar-refractivity contribution in [1.29, 1.82) is 0 Å². The topological polar surface area (TPSA) is 64.4 Å². The standard InChI is InChI=1S/C10H20N2O2.ClH/c1-3-8(11)9(13)12-6-10(2)4-5-14-7-10;/h8H,3-7,11H2,1-2H3,(H,12,13);1H/t8-,10?;/m0./s1. The van der Waals surface area contributed by atoms with E-state index in [1.54, 1.807) is 0 Å². The highest BCUT2D eigenvalue weighted by Crippen LogP contribution is 2.26. The van der Waals surface area contributed by atoms with Crippen LogP contribution >= 0.6 is 12.4 Å². The van der Waals surface area contributed by atoms with Crippen molar-refractivity contribution in [3.05, 3.63) is 0 Å². The largest absolute Gasteiger partial charge is 0.381 e. The minimum Gasteiger partial charge on any atom is -0.381 e. The number of hydrogen-bond donors (Lipinski definition) is 2. The van der Waals surface area contributed by atoms with Crippen LogP contribution in [0.4, 0.5) is 0 Å². The second kappa shape index (κ2) is 6.30. The molecular formula is C10H21ClN2O2. The Labute approximate surface area is 97.3 Å². The minimum absolute atomic E-state index is 0. The zero-order chi connectivity index (χ0) is 10.6. The molecule has 1 aliphatic rings. The Balaban J connectivity index is 0.00000196. The summed E-state index contributed by atoms with van der Waals surface area (Å²) in [5.74, 6) is -0.0550. The molecule has 0 aliphatic carbocycles. The first-order valence-electron chi connectivity index (χ1n) is 5.18. The van der Waals surface area contributed by atoms with E-state index < -0.39 is 0 Å². The number of rotatable bonds is 4. The summed E-state index contributed by atoms with van der Waals surface area (Å²) in [7, 11) is 0. The third-order valence-corrected chi connectivity index (χ3v) is 2.77. The maximum atomic E-state index is 11.4. The highest BCUT2D eigenvalue weighted by Gasteiger charge is 2.30. The number of nitrogens with one attached hydrogen (secondary N) is 1. The molecule has 0 spiro atoms. The molecule has 0 saturated carbocycles. The Kier molecular flexibility index (Phi) is 6.17. The summed E-state index contributed by atoms with van der Waals surface area (Å²) in [6.07, 6.45) is 1.69. The van der Waals surface area contributed by atoms with Crippen LogP contribution in [0.3, 0.4) is 0 Å². The molecule has 1 amide bonds. The van der Waals surface area contributed by atoms with E-state index in [0.717, 1.165) is 19.6 Å². The number of halogens is 1. The number of carbonyl (C=O) groups excluding carboxylic acids is 1. The lowest BCUT2D eigenvalue weighted by molar-refractivity contribution is -0.122. The van der Waals surface area contributed by atoms with Crippen LogP contribution in [0.1, 0.15) is 26.7 Å². The van der Waals surface area contributed by atoms with Crippen molar-refractivity contribution in [3.63, 3.8) is 0 Å². The van der Waals surface area contributed by atoms with E-state index in [9.17, 15) is 4.79 Å². The lowest BCUT2D eigenvalue weighted by Gasteiger charge is -2.22. The molecule has 1 unspecified atom stereocenters. The van der Waals surface area contributed by atoms with Crippen molar-refractivity contribution in [2.24, 2.45) is 11.1 Å². The molecule has 90 valence electrons. The minimum atomic E-state index is -0.374. The predicted octanol–water partition coefficient (Wildman–Crippen LogP) is 0.688. The van der Waals surface area contributed by atoms with Crippen molar-refractivity contribution in [3.8, 4) is 0 Å². The van der Waals surface area contributed by atoms with Gasteiger partial charge in [0.15, 0.2) is 0 Å². The van der Waals surface area contributed by atoms with E-state index in [1.165, 1.54) is 0 Å². The molecule has 5 heteroatoms. The molecular weight excluding hydrogens is 216 g/mol. The van der Waals surface area contributed by atoms with E-state index in [-0.39, 0.29) is 29.8 Å². The summed E-state index contributed by atoms with van der Waals surface area (Å²) in [5, 5.41) is 2.87. The van der Waals surface area contributed by atoms with E-state index in [4.69, 9.17) is 10.5 Å². The molecule has 0 aromatic carbocycles. The normalized spacial score (nSPS) is 26.9. The average Bonchev–Trinajstić information content (AvgIpc) is 2.61. The first-order valence-corrected chi connectivity index (χ1v) is 5.18. The van der Waals surface area contributed by atoms with Gasteiger partial charge in [-0.05, 0) is 12.8 Å². The Bertz CT molecular complexity index is 206. The molecule has 1 rings (SSSR count). The van der Waals surface area contributed by atoms with Crippen molar-refractivity contribution in [2.75, 3.05) is 19.8 Å². The van der Waals surface area contributed by atoms with Crippen molar-refractivity contribution in [1.82, 2.24) is 5.32 Å². The SMILES string of the molecule is CC[C@H](N)C(=O)NCC1(C)CCOC1.Cl. The molecule has 0 bridgehead atoms. The quantitative estimate of drug-likeness (QED) is 0.755. The Morgan fingerprint density at radius 1 is 1.67 bits per heavy atom. The number of carbonyl (C=O) groups is 1. The van der Waals surface area contributed by atoms with Gasteiger partial charge >= 0.3 is 0 Å². The van der Waals surface area contributed by atoms with Crippen LogP contribution in [0.15, 0.2) is 0 Å². The van der Waals surface area contributed by atoms with Gasteiger partial charge in [0.1, 0.15) is 0 Å². The van der Waals surface area contributed by atoms with Gasteiger partial charge in [-0.15, -0.1) is 12.4 Å². The van der Waals surface area contributed by atoms with E-state index in [2.05, 4.69) is 12.2 Å². The molecule has 0 radical (unpaired) electrons. The molecule has 3 N–H and O–H groups in total. The van der Waals surface area contributed by atoms with Crippen LogP contribution in [0.2, 0.25) is 0 Å². The monoisotopic (exact) mass is 236 g/mol. The van der Waals surface area contributed by atoms with Gasteiger partial charge in [0.25, 0.3) is 0 Å². The van der Waals surface area contributed by atoms with Gasteiger partial charge in [-0.3, -0.25) is 4.79 Å². The lowest BCUT2D eigenvalue weighted by atomic mass is 9.90. The van der Waals surface area contributed by atoms with Gasteiger partial charge in [-0.2, -0.15) is 0 Å². The van der Waals surface area contributed by atoms with Gasteiger partial charge in [-0.1, -0.05) is 13.8 Å². The number of amides is 1. The summed E-state index contributed by atoms with van der Waals surface area (Å²) < 4.78 is 5.30. The Morgan fingerprint density at radius 2 is 2.33 bits per heavy atom. The van der Waals surface area contributed by atoms with Gasteiger partial charge in [0.05, 0.1) is 12.6 Å². The van der Waals surface area contributed by atoms with Crippen molar-refractivity contribution < 1.29 is 9.53 Å². The summed E-state index contributed by atoms with van der Waals surface area (Å²) in [4.78, 5) is 11.4. The van der Waals surface area contributed by atoms with Gasteiger partial charge in [0, 0.05) is 18.6 Å². The molecule has 2 atom stereocenters. The second-order valence-corrected chi connectivity index (χ2v) is 4.35. The van der Waals surface area contributed by atoms with Crippen molar-refractivity contribution >= 4 is 18.3 Å². The van der Waals surface area contributed by atoms with Gasteiger partial charge < -0.3 is 15.8 Å². The molecule has 0 aromatic heterocycles. The third-order valence-electron chi connectivity index (χ3n) is 2.77. The third kappa shape index (κ3) is 4.36. The summed E-state index contributed by atoms with van der Waals surface area (Å²) in [6.45, 7) is 6.22. The van der Waals surface area contributed by atoms with E-state index in [1.807, 2.05) is 6.92 Å². The fraction of sp³-hybridized carbons (Fsp3) is 0.900. The zero-order valence-electron chi connectivity index (χ0n) is 9.41. The smallest absolute Gasteiger partial charge is 0.236 e. The van der Waals surface area contributed by atoms with Gasteiger partial charge in [0.2, 0.25) is 5.91 Å². The fourth-order valence-corrected chi connectivity index (χ4v) is 1.47. The lowest BCUT2D eigenvalue weighted by Crippen LogP contribution is -2.44. The van der Waals surface area contributed by atoms with E-state index in [0.29, 0.717) is 13.0 Å². The highest BCUT2D eigenvalue weighted by atomic mass is 35.5. The zero-order valence-corrected chi connectivity index (χ0v) is 10.2. The maximum Gasteiger partial charge on any atom is 0.236 e. The van der Waals surface area contributed by atoms with Crippen LogP contribution in [0, 0.1) is 5.41 Å². The first kappa shape index (κ1) is 14.7. The molecule has 0 aromatic rings. The average molecular weight is 237 g/mol. The molecule has 15 heavy (non-hydrogen) atoms. The molecule has 1 heterocycles. The molecule has 1 saturated heterocycles. The van der Waals surface area contributed by atoms with E-state index >= 15 is 0 Å². The van der Waals surface area contributed by atoms with Gasteiger partial charge in [-0.25, -0.2) is 0 Å². The number of hydrogen-bond acceptors (Lipinski definition) is 3. The molecule has 1 fully saturated rings. The van der Waals surface area contributed by atoms with Crippen LogP contribution in [-0.2, 0) is 9.53 Å². The maximum absolute atomic E-state index is 11.4. The van der Waals surface area contributed by atoms with Crippen LogP contribution < -0.4 is 11.1 Å². The van der Waals surface area contributed by atoms with Crippen LogP contribution in [0.25, 0.3) is 0 Å².